The highest BCUT2D eigenvalue weighted by Gasteiger charge is 2.17. The van der Waals surface area contributed by atoms with Crippen LogP contribution in [0.2, 0.25) is 5.02 Å². The van der Waals surface area contributed by atoms with E-state index in [0.717, 1.165) is 11.1 Å². The zero-order valence-corrected chi connectivity index (χ0v) is 11.7. The number of furan rings is 1. The number of halogens is 2. The van der Waals surface area contributed by atoms with E-state index in [0.29, 0.717) is 20.8 Å². The van der Waals surface area contributed by atoms with Crippen molar-refractivity contribution in [3.05, 3.63) is 56.4 Å². The average Bonchev–Trinajstić information content (AvgIpc) is 2.69. The number of carbonyl (C=O) groups excluding carboxylic acids is 1. The topological polar surface area (TPSA) is 30.2 Å². The van der Waals surface area contributed by atoms with Crippen molar-refractivity contribution < 1.29 is 9.21 Å². The van der Waals surface area contributed by atoms with Crippen molar-refractivity contribution in [3.8, 4) is 0 Å². The van der Waals surface area contributed by atoms with E-state index in [1.807, 2.05) is 13.8 Å². The first-order valence-corrected chi connectivity index (χ1v) is 6.22. The summed E-state index contributed by atoms with van der Waals surface area (Å²) in [5.41, 5.74) is 2.92. The lowest BCUT2D eigenvalue weighted by Crippen LogP contribution is -2.04. The van der Waals surface area contributed by atoms with Gasteiger partial charge in [0, 0.05) is 10.6 Å². The number of rotatable bonds is 2. The molecule has 0 atom stereocenters. The quantitative estimate of drug-likeness (QED) is 0.762. The lowest BCUT2D eigenvalue weighted by molar-refractivity contribution is 0.103. The molecule has 1 heterocycles. The summed E-state index contributed by atoms with van der Waals surface area (Å²) in [6.07, 6.45) is 1.48. The molecule has 0 radical (unpaired) electrons. The van der Waals surface area contributed by atoms with Gasteiger partial charge in [-0.3, -0.25) is 4.79 Å². The molecule has 0 aliphatic heterocycles. The maximum atomic E-state index is 12.3. The van der Waals surface area contributed by atoms with E-state index in [1.54, 1.807) is 18.2 Å². The van der Waals surface area contributed by atoms with Crippen LogP contribution in [0.3, 0.4) is 0 Å². The van der Waals surface area contributed by atoms with Gasteiger partial charge in [-0.05, 0) is 59.1 Å². The molecule has 0 bridgehead atoms. The normalized spacial score (nSPS) is 10.6. The Labute approximate surface area is 113 Å². The van der Waals surface area contributed by atoms with E-state index in [4.69, 9.17) is 16.0 Å². The summed E-state index contributed by atoms with van der Waals surface area (Å²) in [5, 5.41) is 0.672. The van der Waals surface area contributed by atoms with Gasteiger partial charge in [-0.1, -0.05) is 11.6 Å². The van der Waals surface area contributed by atoms with Crippen LogP contribution in [0.25, 0.3) is 0 Å². The molecule has 4 heteroatoms. The predicted molar refractivity (Wildman–Crippen MR) is 70.8 cm³/mol. The van der Waals surface area contributed by atoms with Crippen LogP contribution in [0.4, 0.5) is 0 Å². The fraction of sp³-hybridized carbons (Fsp3) is 0.154. The molecule has 1 aromatic carbocycles. The van der Waals surface area contributed by atoms with Gasteiger partial charge in [-0.25, -0.2) is 0 Å². The molecule has 0 amide bonds. The largest absolute Gasteiger partial charge is 0.457 e. The molecule has 88 valence electrons. The van der Waals surface area contributed by atoms with E-state index >= 15 is 0 Å². The van der Waals surface area contributed by atoms with Gasteiger partial charge in [0.1, 0.15) is 0 Å². The molecular formula is C13H10BrClO2. The fourth-order valence-electron chi connectivity index (χ4n) is 1.63. The lowest BCUT2D eigenvalue weighted by atomic mass is 9.99. The predicted octanol–water partition coefficient (Wildman–Crippen LogP) is 4.54. The molecule has 0 N–H and O–H groups in total. The highest BCUT2D eigenvalue weighted by atomic mass is 79.9. The van der Waals surface area contributed by atoms with E-state index in [9.17, 15) is 4.79 Å². The Kier molecular flexibility index (Phi) is 3.40. The minimum Gasteiger partial charge on any atom is -0.457 e. The minimum absolute atomic E-state index is 0.0668. The Morgan fingerprint density at radius 1 is 1.24 bits per heavy atom. The van der Waals surface area contributed by atoms with Gasteiger partial charge >= 0.3 is 0 Å². The van der Waals surface area contributed by atoms with Crippen LogP contribution in [0.1, 0.15) is 27.0 Å². The number of aryl methyl sites for hydroxylation is 2. The summed E-state index contributed by atoms with van der Waals surface area (Å²) >= 11 is 9.22. The summed E-state index contributed by atoms with van der Waals surface area (Å²) in [7, 11) is 0. The van der Waals surface area contributed by atoms with Crippen molar-refractivity contribution in [1.82, 2.24) is 0 Å². The SMILES string of the molecule is Cc1cc(C(=O)c2ccoc2Br)c(C)cc1Cl. The third-order valence-corrected chi connectivity index (χ3v) is 3.63. The second kappa shape index (κ2) is 4.67. The van der Waals surface area contributed by atoms with Gasteiger partial charge in [0.15, 0.2) is 10.5 Å². The van der Waals surface area contributed by atoms with Crippen molar-refractivity contribution in [3.63, 3.8) is 0 Å². The summed E-state index contributed by atoms with van der Waals surface area (Å²) in [6.45, 7) is 3.75. The van der Waals surface area contributed by atoms with Crippen LogP contribution in [0.15, 0.2) is 33.5 Å². The molecule has 0 saturated heterocycles. The molecule has 0 unspecified atom stereocenters. The smallest absolute Gasteiger partial charge is 0.197 e. The minimum atomic E-state index is -0.0668. The standard InChI is InChI=1S/C13H10BrClO2/c1-7-6-11(15)8(2)5-10(7)12(16)9-3-4-17-13(9)14/h3-6H,1-2H3. The molecule has 0 aliphatic carbocycles. The second-order valence-electron chi connectivity index (χ2n) is 3.85. The highest BCUT2D eigenvalue weighted by Crippen LogP contribution is 2.26. The van der Waals surface area contributed by atoms with E-state index in [2.05, 4.69) is 15.9 Å². The summed E-state index contributed by atoms with van der Waals surface area (Å²) in [4.78, 5) is 12.3. The number of benzene rings is 1. The maximum absolute atomic E-state index is 12.3. The van der Waals surface area contributed by atoms with Gasteiger partial charge in [0.05, 0.1) is 11.8 Å². The van der Waals surface area contributed by atoms with Gasteiger partial charge in [0.25, 0.3) is 0 Å². The second-order valence-corrected chi connectivity index (χ2v) is 4.98. The van der Waals surface area contributed by atoms with Crippen LogP contribution in [-0.4, -0.2) is 5.78 Å². The van der Waals surface area contributed by atoms with Crippen molar-refractivity contribution in [2.24, 2.45) is 0 Å². The average molecular weight is 314 g/mol. The van der Waals surface area contributed by atoms with Crippen LogP contribution in [0, 0.1) is 13.8 Å². The molecule has 2 aromatic rings. The van der Waals surface area contributed by atoms with Gasteiger partial charge in [-0.15, -0.1) is 0 Å². The molecular weight excluding hydrogens is 303 g/mol. The molecule has 2 nitrogen and oxygen atoms in total. The lowest BCUT2D eigenvalue weighted by Gasteiger charge is -2.07. The van der Waals surface area contributed by atoms with E-state index in [1.165, 1.54) is 6.26 Å². The summed E-state index contributed by atoms with van der Waals surface area (Å²) < 4.78 is 5.52. The van der Waals surface area contributed by atoms with Crippen molar-refractivity contribution in [1.29, 1.82) is 0 Å². The van der Waals surface area contributed by atoms with Crippen molar-refractivity contribution in [2.45, 2.75) is 13.8 Å². The Morgan fingerprint density at radius 3 is 2.53 bits per heavy atom. The Morgan fingerprint density at radius 2 is 1.94 bits per heavy atom. The third kappa shape index (κ3) is 2.31. The molecule has 0 fully saturated rings. The number of carbonyl (C=O) groups is 1. The Balaban J connectivity index is 2.52. The molecule has 17 heavy (non-hydrogen) atoms. The Hall–Kier alpha value is -1.06. The number of ketones is 1. The van der Waals surface area contributed by atoms with Crippen LogP contribution >= 0.6 is 27.5 Å². The first-order chi connectivity index (χ1) is 8.00. The van der Waals surface area contributed by atoms with E-state index in [-0.39, 0.29) is 5.78 Å². The van der Waals surface area contributed by atoms with Crippen LogP contribution < -0.4 is 0 Å². The van der Waals surface area contributed by atoms with Gasteiger partial charge < -0.3 is 4.42 Å². The third-order valence-electron chi connectivity index (χ3n) is 2.61. The number of hydrogen-bond acceptors (Lipinski definition) is 2. The van der Waals surface area contributed by atoms with E-state index < -0.39 is 0 Å². The molecule has 2 rings (SSSR count). The van der Waals surface area contributed by atoms with Gasteiger partial charge in [-0.2, -0.15) is 0 Å². The first-order valence-electron chi connectivity index (χ1n) is 5.05. The first kappa shape index (κ1) is 12.4. The summed E-state index contributed by atoms with van der Waals surface area (Å²) in [5.74, 6) is -0.0668. The zero-order valence-electron chi connectivity index (χ0n) is 9.38. The highest BCUT2D eigenvalue weighted by molar-refractivity contribution is 9.10. The zero-order chi connectivity index (χ0) is 12.6. The molecule has 0 saturated carbocycles. The monoisotopic (exact) mass is 312 g/mol. The fourth-order valence-corrected chi connectivity index (χ4v) is 2.26. The Bertz CT molecular complexity index is 587. The molecule has 1 aromatic heterocycles. The van der Waals surface area contributed by atoms with Crippen LogP contribution in [0.5, 0.6) is 0 Å². The molecule has 0 spiro atoms. The summed E-state index contributed by atoms with van der Waals surface area (Å²) in [6, 6.07) is 5.26. The van der Waals surface area contributed by atoms with Gasteiger partial charge in [0.2, 0.25) is 0 Å². The molecule has 0 aliphatic rings. The van der Waals surface area contributed by atoms with Crippen molar-refractivity contribution >= 4 is 33.3 Å². The maximum Gasteiger partial charge on any atom is 0.197 e. The van der Waals surface area contributed by atoms with Crippen molar-refractivity contribution in [2.75, 3.05) is 0 Å². The number of hydrogen-bond donors (Lipinski definition) is 0. The van der Waals surface area contributed by atoms with Crippen LogP contribution in [-0.2, 0) is 0 Å².